The topological polar surface area (TPSA) is 20.2 Å². The zero-order valence-corrected chi connectivity index (χ0v) is 12.2. The minimum Gasteiger partial charge on any atom is -0.383 e. The van der Waals surface area contributed by atoms with Crippen molar-refractivity contribution < 1.29 is 9.50 Å². The van der Waals surface area contributed by atoms with Crippen molar-refractivity contribution in [2.75, 3.05) is 0 Å². The summed E-state index contributed by atoms with van der Waals surface area (Å²) in [5.74, 6) is -0.244. The van der Waals surface area contributed by atoms with Gasteiger partial charge in [-0.15, -0.1) is 11.3 Å². The minimum absolute atomic E-state index is 0.244. The summed E-state index contributed by atoms with van der Waals surface area (Å²) in [6, 6.07) is 12.6. The summed E-state index contributed by atoms with van der Waals surface area (Å²) < 4.78 is 14.1. The van der Waals surface area contributed by atoms with E-state index < -0.39 is 6.10 Å². The zero-order chi connectivity index (χ0) is 14.3. The lowest BCUT2D eigenvalue weighted by Crippen LogP contribution is -1.98. The second-order valence-electron chi connectivity index (χ2n) is 5.08. The number of hydrogen-bond acceptors (Lipinski definition) is 2. The number of aliphatic hydroxyl groups excluding tert-OH is 1. The number of hydrogen-bond donors (Lipinski definition) is 1. The molecule has 1 unspecified atom stereocenters. The largest absolute Gasteiger partial charge is 0.383 e. The molecule has 3 heteroatoms. The Hall–Kier alpha value is -1.71. The minimum atomic E-state index is -0.658. The summed E-state index contributed by atoms with van der Waals surface area (Å²) in [6.07, 6.45) is -0.658. The van der Waals surface area contributed by atoms with Gasteiger partial charge in [-0.3, -0.25) is 0 Å². The normalized spacial score (nSPS) is 12.8. The van der Waals surface area contributed by atoms with E-state index >= 15 is 0 Å². The van der Waals surface area contributed by atoms with Crippen LogP contribution in [0.4, 0.5) is 4.39 Å². The van der Waals surface area contributed by atoms with Gasteiger partial charge in [0, 0.05) is 9.58 Å². The van der Waals surface area contributed by atoms with Gasteiger partial charge < -0.3 is 5.11 Å². The van der Waals surface area contributed by atoms with E-state index in [1.165, 1.54) is 29.0 Å². The molecule has 102 valence electrons. The molecule has 1 aromatic heterocycles. The first-order chi connectivity index (χ1) is 9.54. The standard InChI is InChI=1S/C17H15FOS/c1-10-3-4-13(7-11(10)2)17(19)16-8-12-5-6-14(18)9-15(12)20-16/h3-9,17,19H,1-2H3. The molecule has 1 N–H and O–H groups in total. The quantitative estimate of drug-likeness (QED) is 0.721. The van der Waals surface area contributed by atoms with Crippen molar-refractivity contribution in [2.24, 2.45) is 0 Å². The molecule has 2 aromatic carbocycles. The Bertz CT molecular complexity index is 776. The van der Waals surface area contributed by atoms with Crippen LogP contribution < -0.4 is 0 Å². The van der Waals surface area contributed by atoms with Gasteiger partial charge in [0.25, 0.3) is 0 Å². The van der Waals surface area contributed by atoms with E-state index in [2.05, 4.69) is 0 Å². The highest BCUT2D eigenvalue weighted by Gasteiger charge is 2.14. The number of benzene rings is 2. The summed E-state index contributed by atoms with van der Waals surface area (Å²) in [7, 11) is 0. The number of halogens is 1. The molecular weight excluding hydrogens is 271 g/mol. The molecule has 0 bridgehead atoms. The molecule has 1 nitrogen and oxygen atoms in total. The maximum atomic E-state index is 13.2. The van der Waals surface area contributed by atoms with Crippen molar-refractivity contribution in [1.82, 2.24) is 0 Å². The SMILES string of the molecule is Cc1ccc(C(O)c2cc3ccc(F)cc3s2)cc1C. The van der Waals surface area contributed by atoms with Crippen molar-refractivity contribution in [3.8, 4) is 0 Å². The van der Waals surface area contributed by atoms with E-state index in [0.717, 1.165) is 26.1 Å². The van der Waals surface area contributed by atoms with Crippen molar-refractivity contribution in [3.63, 3.8) is 0 Å². The van der Waals surface area contributed by atoms with Gasteiger partial charge in [-0.2, -0.15) is 0 Å². The maximum Gasteiger partial charge on any atom is 0.124 e. The first kappa shape index (κ1) is 13.3. The third-order valence-electron chi connectivity index (χ3n) is 3.62. The maximum absolute atomic E-state index is 13.2. The molecule has 20 heavy (non-hydrogen) atoms. The van der Waals surface area contributed by atoms with Gasteiger partial charge in [0.05, 0.1) is 0 Å². The third kappa shape index (κ3) is 2.35. The van der Waals surface area contributed by atoms with E-state index in [4.69, 9.17) is 0 Å². The Morgan fingerprint density at radius 2 is 1.80 bits per heavy atom. The summed E-state index contributed by atoms with van der Waals surface area (Å²) in [5, 5.41) is 11.5. The molecule has 0 saturated carbocycles. The van der Waals surface area contributed by atoms with Crippen molar-refractivity contribution in [3.05, 3.63) is 69.8 Å². The van der Waals surface area contributed by atoms with Gasteiger partial charge in [-0.05, 0) is 54.1 Å². The summed E-state index contributed by atoms with van der Waals surface area (Å²) in [4.78, 5) is 0.842. The van der Waals surface area contributed by atoms with Crippen LogP contribution in [0.15, 0.2) is 42.5 Å². The molecule has 3 aromatic rings. The Balaban J connectivity index is 2.02. The summed E-state index contributed by atoms with van der Waals surface area (Å²) in [5.41, 5.74) is 3.24. The monoisotopic (exact) mass is 286 g/mol. The van der Waals surface area contributed by atoms with Gasteiger partial charge in [-0.1, -0.05) is 24.3 Å². The van der Waals surface area contributed by atoms with Crippen LogP contribution in [0.3, 0.4) is 0 Å². The van der Waals surface area contributed by atoms with Crippen molar-refractivity contribution in [1.29, 1.82) is 0 Å². The van der Waals surface area contributed by atoms with Crippen LogP contribution in [0.2, 0.25) is 0 Å². The molecular formula is C17H15FOS. The van der Waals surface area contributed by atoms with E-state index in [0.29, 0.717) is 0 Å². The van der Waals surface area contributed by atoms with Crippen molar-refractivity contribution in [2.45, 2.75) is 20.0 Å². The molecule has 0 saturated heterocycles. The predicted octanol–water partition coefficient (Wildman–Crippen LogP) is 4.74. The third-order valence-corrected chi connectivity index (χ3v) is 4.77. The molecule has 0 aliphatic heterocycles. The average Bonchev–Trinajstić information content (AvgIpc) is 2.84. The highest BCUT2D eigenvalue weighted by molar-refractivity contribution is 7.19. The predicted molar refractivity (Wildman–Crippen MR) is 81.8 cm³/mol. The summed E-state index contributed by atoms with van der Waals surface area (Å²) >= 11 is 1.43. The second-order valence-corrected chi connectivity index (χ2v) is 6.19. The smallest absolute Gasteiger partial charge is 0.124 e. The van der Waals surface area contributed by atoms with Crippen LogP contribution in [0.25, 0.3) is 10.1 Å². The Morgan fingerprint density at radius 1 is 1.00 bits per heavy atom. The highest BCUT2D eigenvalue weighted by Crippen LogP contribution is 2.33. The fourth-order valence-electron chi connectivity index (χ4n) is 2.26. The highest BCUT2D eigenvalue weighted by atomic mass is 32.1. The molecule has 0 spiro atoms. The molecule has 0 aliphatic carbocycles. The Labute approximate surface area is 121 Å². The van der Waals surface area contributed by atoms with Crippen LogP contribution in [-0.2, 0) is 0 Å². The number of rotatable bonds is 2. The summed E-state index contributed by atoms with van der Waals surface area (Å²) in [6.45, 7) is 4.08. The fraction of sp³-hybridized carbons (Fsp3) is 0.176. The molecule has 0 amide bonds. The molecule has 3 rings (SSSR count). The van der Waals surface area contributed by atoms with Crippen LogP contribution in [0.5, 0.6) is 0 Å². The lowest BCUT2D eigenvalue weighted by atomic mass is 10.0. The fourth-order valence-corrected chi connectivity index (χ4v) is 3.36. The van der Waals surface area contributed by atoms with Gasteiger partial charge in [0.15, 0.2) is 0 Å². The zero-order valence-electron chi connectivity index (χ0n) is 11.4. The average molecular weight is 286 g/mol. The second kappa shape index (κ2) is 5.00. The molecule has 1 heterocycles. The van der Waals surface area contributed by atoms with E-state index in [-0.39, 0.29) is 5.82 Å². The van der Waals surface area contributed by atoms with Crippen LogP contribution in [-0.4, -0.2) is 5.11 Å². The lowest BCUT2D eigenvalue weighted by Gasteiger charge is -2.10. The van der Waals surface area contributed by atoms with Crippen LogP contribution >= 0.6 is 11.3 Å². The molecule has 0 aliphatic rings. The van der Waals surface area contributed by atoms with E-state index in [9.17, 15) is 9.50 Å². The Kier molecular flexibility index (Phi) is 3.32. The number of aliphatic hydroxyl groups is 1. The van der Waals surface area contributed by atoms with Crippen LogP contribution in [0.1, 0.15) is 27.7 Å². The van der Waals surface area contributed by atoms with Crippen LogP contribution in [0, 0.1) is 19.7 Å². The van der Waals surface area contributed by atoms with Gasteiger partial charge in [0.1, 0.15) is 11.9 Å². The number of fused-ring (bicyclic) bond motifs is 1. The lowest BCUT2D eigenvalue weighted by molar-refractivity contribution is 0.224. The Morgan fingerprint density at radius 3 is 2.55 bits per heavy atom. The van der Waals surface area contributed by atoms with Crippen molar-refractivity contribution >= 4 is 21.4 Å². The van der Waals surface area contributed by atoms with E-state index in [1.807, 2.05) is 38.1 Å². The van der Waals surface area contributed by atoms with Gasteiger partial charge in [-0.25, -0.2) is 4.39 Å². The number of aryl methyl sites for hydroxylation is 2. The van der Waals surface area contributed by atoms with Gasteiger partial charge >= 0.3 is 0 Å². The number of thiophene rings is 1. The first-order valence-corrected chi connectivity index (χ1v) is 7.30. The molecule has 1 atom stereocenters. The van der Waals surface area contributed by atoms with Gasteiger partial charge in [0.2, 0.25) is 0 Å². The first-order valence-electron chi connectivity index (χ1n) is 6.49. The van der Waals surface area contributed by atoms with E-state index in [1.54, 1.807) is 6.07 Å². The molecule has 0 fully saturated rings. The molecule has 0 radical (unpaired) electrons.